The highest BCUT2D eigenvalue weighted by Gasteiger charge is 2.24. The lowest BCUT2D eigenvalue weighted by Gasteiger charge is -2.18. The van der Waals surface area contributed by atoms with Crippen LogP contribution in [0.5, 0.6) is 63.9 Å². The van der Waals surface area contributed by atoms with Crippen molar-refractivity contribution in [1.82, 2.24) is 51.1 Å². The predicted molar refractivity (Wildman–Crippen MR) is 508 cm³/mol. The average Bonchev–Trinajstić information content (AvgIpc) is 1.67. The van der Waals surface area contributed by atoms with Gasteiger partial charge in [-0.25, -0.2) is 24.9 Å². The first-order chi connectivity index (χ1) is 62.8. The van der Waals surface area contributed by atoms with Gasteiger partial charge in [0, 0.05) is 133 Å². The van der Waals surface area contributed by atoms with Crippen molar-refractivity contribution < 1.29 is 52.4 Å². The molecule has 8 aromatic carbocycles. The van der Waals surface area contributed by atoms with Crippen LogP contribution in [0, 0.1) is 11.3 Å². The van der Waals surface area contributed by atoms with Crippen molar-refractivity contribution in [2.75, 3.05) is 46.4 Å². The highest BCUT2D eigenvalue weighted by atomic mass is 35.5. The number of aromatic nitrogens is 5. The van der Waals surface area contributed by atoms with E-state index in [9.17, 15) is 24.0 Å². The Morgan fingerprint density at radius 1 is 0.392 bits per heavy atom. The van der Waals surface area contributed by atoms with Gasteiger partial charge in [0.2, 0.25) is 58.9 Å². The fourth-order valence-electron chi connectivity index (χ4n) is 13.0. The molecule has 14 N–H and O–H groups in total. The van der Waals surface area contributed by atoms with Gasteiger partial charge in [0.1, 0.15) is 34.5 Å². The maximum atomic E-state index is 11.1. The molecule has 5 aromatic heterocycles. The van der Waals surface area contributed by atoms with Crippen LogP contribution in [0.2, 0.25) is 5.02 Å². The second-order valence-electron chi connectivity index (χ2n) is 32.2. The molecular formula is C103H114ClN15O11. The summed E-state index contributed by atoms with van der Waals surface area (Å²) in [5.74, 6) is 5.51. The number of carbonyl (C=O) groups excluding carboxylic acids is 5. The van der Waals surface area contributed by atoms with E-state index in [0.29, 0.717) is 110 Å². The molecule has 14 rings (SSSR count). The van der Waals surface area contributed by atoms with Crippen LogP contribution in [0.25, 0.3) is 0 Å². The van der Waals surface area contributed by atoms with E-state index in [0.717, 1.165) is 130 Å². The molecule has 0 radical (unpaired) electrons. The standard InChI is InChI=1S/C23H23N3O2.C22H23N3O3.C21H20ClN3O2.C19H25N3O2.C18H23N3O2/c24-23(27)19-7-9-21(10-8-19)28-22-11-6-17(14-25-22)15-26-13-12-20(16-26)18-4-2-1-3-5-18;1-27-20-5-3-2-4-17(20)12-13-24-14-16-6-11-21(25-15-16)28-19-9-7-18(8-10-19)22(23)26;22-19-4-2-1-3-16(19)11-12-24-13-15-5-10-20(25-14-15)27-18-8-6-17(7-9-18)21(23)26;1-19(2,3)10-11-21-12-14-4-9-17(22-13-14)24-16-7-5-15(6-8-16)18(20)23;1-13(2)9-10-20-11-14-3-8-17(21-12-14)23-16-6-4-15(5-7-16)18(19)22/h1-11,14,20H,12-13,15-16H2,(H2,24,27);2-11,15,24H,12-14H2,1H3,(H2,23,26);1-10,14,24H,11-13H2,(H2,23,26);4-9,13,21H,10-12H2,1-3H3,(H2,20,23);3-8,12-13,20H,9-11H2,1-2H3,(H2,19,22). The third-order valence-corrected chi connectivity index (χ3v) is 20.7. The first-order valence-corrected chi connectivity index (χ1v) is 43.3. The summed E-state index contributed by atoms with van der Waals surface area (Å²) in [6.45, 7) is 20.9. The van der Waals surface area contributed by atoms with Gasteiger partial charge in [0.05, 0.1) is 7.11 Å². The molecule has 13 aromatic rings. The topological polar surface area (TPSA) is 387 Å². The van der Waals surface area contributed by atoms with Crippen LogP contribution in [0.1, 0.15) is 156 Å². The lowest BCUT2D eigenvalue weighted by atomic mass is 9.92. The second-order valence-corrected chi connectivity index (χ2v) is 32.6. The molecule has 0 saturated carbocycles. The van der Waals surface area contributed by atoms with Crippen LogP contribution in [0.3, 0.4) is 0 Å². The van der Waals surface area contributed by atoms with E-state index in [1.807, 2.05) is 103 Å². The molecule has 6 heterocycles. The first kappa shape index (κ1) is 97.9. The van der Waals surface area contributed by atoms with Gasteiger partial charge in [0.25, 0.3) is 0 Å². The fourth-order valence-corrected chi connectivity index (χ4v) is 13.2. The van der Waals surface area contributed by atoms with E-state index < -0.39 is 29.5 Å². The van der Waals surface area contributed by atoms with E-state index >= 15 is 0 Å². The SMILES string of the molecule is CC(C)(C)CCNCc1ccc(Oc2ccc(C(N)=O)cc2)nc1.CC(C)CCNCc1ccc(Oc2ccc(C(N)=O)cc2)nc1.COc1ccccc1CCNCc1ccc(Oc2ccc(C(N)=O)cc2)nc1.NC(=O)c1ccc(Oc2ccc(CN3CCC(c4ccccc4)C3)cn2)cc1.NC(=O)c1ccc(Oc2ccc(CNCCc3ccccc3Cl)cn2)cc1. The fraction of sp³-hybridized carbons (Fsp3) is 0.243. The Balaban J connectivity index is 0.000000169. The molecule has 1 saturated heterocycles. The number of pyridine rings is 5. The number of hydrogen-bond acceptors (Lipinski definition) is 21. The molecule has 0 aliphatic carbocycles. The van der Waals surface area contributed by atoms with Gasteiger partial charge in [-0.1, -0.05) is 143 Å². The number of amides is 5. The van der Waals surface area contributed by atoms with E-state index in [1.165, 1.54) is 23.1 Å². The lowest BCUT2D eigenvalue weighted by molar-refractivity contribution is 0.0992. The molecular weight excluding hydrogens is 1660 g/mol. The third kappa shape index (κ3) is 34.8. The Kier molecular flexibility index (Phi) is 38.8. The number of ether oxygens (including phenoxy) is 6. The zero-order chi connectivity index (χ0) is 92.4. The molecule has 1 unspecified atom stereocenters. The number of hydrogen-bond donors (Lipinski definition) is 9. The zero-order valence-electron chi connectivity index (χ0n) is 74.1. The largest absolute Gasteiger partial charge is 0.496 e. The van der Waals surface area contributed by atoms with Gasteiger partial charge in [-0.2, -0.15) is 0 Å². The molecule has 1 fully saturated rings. The summed E-state index contributed by atoms with van der Waals surface area (Å²) >= 11 is 6.15. The summed E-state index contributed by atoms with van der Waals surface area (Å²) in [4.78, 5) is 79.4. The molecule has 1 aliphatic rings. The predicted octanol–water partition coefficient (Wildman–Crippen LogP) is 17.8. The smallest absolute Gasteiger partial charge is 0.248 e. The number of para-hydroxylation sites is 1. The van der Waals surface area contributed by atoms with Crippen molar-refractivity contribution in [1.29, 1.82) is 0 Å². The van der Waals surface area contributed by atoms with Gasteiger partial charge in [-0.05, 0) is 260 Å². The molecule has 26 nitrogen and oxygen atoms in total. The zero-order valence-corrected chi connectivity index (χ0v) is 74.9. The third-order valence-electron chi connectivity index (χ3n) is 20.3. The molecule has 0 spiro atoms. The molecule has 130 heavy (non-hydrogen) atoms. The molecule has 1 atom stereocenters. The number of methoxy groups -OCH3 is 1. The number of carbonyl (C=O) groups is 5. The van der Waals surface area contributed by atoms with Crippen molar-refractivity contribution in [2.45, 2.75) is 105 Å². The number of likely N-dealkylation sites (tertiary alicyclic amines) is 1. The Labute approximate surface area is 765 Å². The van der Waals surface area contributed by atoms with Gasteiger partial charge < -0.3 is 78.4 Å². The maximum Gasteiger partial charge on any atom is 0.248 e. The van der Waals surface area contributed by atoms with Crippen LogP contribution in [0.4, 0.5) is 0 Å². The molecule has 674 valence electrons. The van der Waals surface area contributed by atoms with Crippen molar-refractivity contribution in [3.63, 3.8) is 0 Å². The number of primary amides is 5. The summed E-state index contributed by atoms with van der Waals surface area (Å²) in [5, 5.41) is 14.4. The first-order valence-electron chi connectivity index (χ1n) is 42.9. The van der Waals surface area contributed by atoms with E-state index in [1.54, 1.807) is 153 Å². The Morgan fingerprint density at radius 2 is 0.708 bits per heavy atom. The van der Waals surface area contributed by atoms with Crippen LogP contribution in [0.15, 0.2) is 292 Å². The van der Waals surface area contributed by atoms with Gasteiger partial charge in [0.15, 0.2) is 0 Å². The molecule has 0 bridgehead atoms. The van der Waals surface area contributed by atoms with Gasteiger partial charge in [-0.15, -0.1) is 0 Å². The maximum absolute atomic E-state index is 11.1. The Hall–Kier alpha value is -14.3. The van der Waals surface area contributed by atoms with Crippen LogP contribution in [-0.4, -0.2) is 106 Å². The number of rotatable bonds is 38. The average molecular weight is 1770 g/mol. The van der Waals surface area contributed by atoms with Crippen molar-refractivity contribution >= 4 is 41.1 Å². The number of nitrogens with one attached hydrogen (secondary N) is 4. The van der Waals surface area contributed by atoms with E-state index in [-0.39, 0.29) is 0 Å². The normalized spacial score (nSPS) is 12.0. The summed E-state index contributed by atoms with van der Waals surface area (Å²) in [5.41, 5.74) is 37.9. The number of nitrogens with zero attached hydrogens (tertiary/aromatic N) is 6. The summed E-state index contributed by atoms with van der Waals surface area (Å²) in [6, 6.07) is 79.0. The monoisotopic (exact) mass is 1770 g/mol. The lowest BCUT2D eigenvalue weighted by Crippen LogP contribution is -2.20. The molecule has 1 aliphatic heterocycles. The van der Waals surface area contributed by atoms with Crippen molar-refractivity contribution in [3.8, 4) is 63.9 Å². The summed E-state index contributed by atoms with van der Waals surface area (Å²) in [7, 11) is 1.69. The van der Waals surface area contributed by atoms with Gasteiger partial charge >= 0.3 is 0 Å². The quantitative estimate of drug-likeness (QED) is 0.0162. The van der Waals surface area contributed by atoms with Crippen LogP contribution < -0.4 is 78.4 Å². The molecule has 5 amide bonds. The highest BCUT2D eigenvalue weighted by molar-refractivity contribution is 6.31. The van der Waals surface area contributed by atoms with Crippen LogP contribution in [-0.2, 0) is 45.6 Å². The highest BCUT2D eigenvalue weighted by Crippen LogP contribution is 2.31. The van der Waals surface area contributed by atoms with Crippen molar-refractivity contribution in [3.05, 3.63) is 369 Å². The minimum atomic E-state index is -0.467. The second kappa shape index (κ2) is 51.5. The van der Waals surface area contributed by atoms with Crippen molar-refractivity contribution in [2.24, 2.45) is 40.0 Å². The minimum Gasteiger partial charge on any atom is -0.496 e. The Morgan fingerprint density at radius 3 is 1.03 bits per heavy atom. The van der Waals surface area contributed by atoms with E-state index in [2.05, 4.69) is 128 Å². The number of halogens is 1. The Bertz CT molecular complexity index is 5630. The van der Waals surface area contributed by atoms with Gasteiger partial charge in [-0.3, -0.25) is 28.9 Å². The van der Waals surface area contributed by atoms with Crippen LogP contribution >= 0.6 is 11.6 Å². The van der Waals surface area contributed by atoms with E-state index in [4.69, 9.17) is 68.7 Å². The summed E-state index contributed by atoms with van der Waals surface area (Å²) < 4.78 is 33.7. The summed E-state index contributed by atoms with van der Waals surface area (Å²) in [6.07, 6.45) is 14.3. The molecule has 27 heteroatoms. The minimum absolute atomic E-state index is 0.340. The number of benzene rings is 8. The number of nitrogens with two attached hydrogens (primary N) is 5.